The number of carbonyl (C=O) groups is 2. The SMILES string of the molecule is COc1nc(NC2CCC(NC(=O)c3ccc(F)c(F)c3)CC2)ncc1C.O=C(O)C(F)(F)F. The maximum absolute atomic E-state index is 13.3. The fraction of sp³-hybridized carbons (Fsp3) is 0.429. The van der Waals surface area contributed by atoms with Crippen LogP contribution in [0.5, 0.6) is 5.88 Å². The molecule has 13 heteroatoms. The summed E-state index contributed by atoms with van der Waals surface area (Å²) >= 11 is 0. The summed E-state index contributed by atoms with van der Waals surface area (Å²) in [6.45, 7) is 1.88. The molecule has 3 N–H and O–H groups in total. The Bertz CT molecular complexity index is 1010. The van der Waals surface area contributed by atoms with Crippen LogP contribution in [-0.2, 0) is 4.79 Å². The van der Waals surface area contributed by atoms with Crippen molar-refractivity contribution in [3.8, 4) is 5.88 Å². The smallest absolute Gasteiger partial charge is 0.481 e. The topological polar surface area (TPSA) is 113 Å². The molecule has 0 saturated heterocycles. The summed E-state index contributed by atoms with van der Waals surface area (Å²) in [7, 11) is 1.57. The monoisotopic (exact) mass is 490 g/mol. The van der Waals surface area contributed by atoms with Crippen LogP contribution in [0, 0.1) is 18.6 Å². The highest BCUT2D eigenvalue weighted by Gasteiger charge is 2.38. The van der Waals surface area contributed by atoms with E-state index in [-0.39, 0.29) is 17.6 Å². The van der Waals surface area contributed by atoms with Crippen LogP contribution in [0.3, 0.4) is 0 Å². The van der Waals surface area contributed by atoms with Gasteiger partial charge in [-0.15, -0.1) is 0 Å². The van der Waals surface area contributed by atoms with Gasteiger partial charge in [-0.2, -0.15) is 18.2 Å². The first-order valence-electron chi connectivity index (χ1n) is 10.1. The molecule has 8 nitrogen and oxygen atoms in total. The second kappa shape index (κ2) is 11.6. The number of hydrogen-bond acceptors (Lipinski definition) is 6. The number of methoxy groups -OCH3 is 1. The maximum atomic E-state index is 13.3. The van der Waals surface area contributed by atoms with Gasteiger partial charge in [-0.1, -0.05) is 0 Å². The van der Waals surface area contributed by atoms with Crippen molar-refractivity contribution in [2.75, 3.05) is 12.4 Å². The molecular weight excluding hydrogens is 467 g/mol. The number of rotatable bonds is 5. The zero-order valence-corrected chi connectivity index (χ0v) is 18.2. The molecule has 1 fully saturated rings. The third kappa shape index (κ3) is 7.81. The van der Waals surface area contributed by atoms with E-state index in [0.29, 0.717) is 11.8 Å². The Morgan fingerprint density at radius 3 is 2.21 bits per heavy atom. The van der Waals surface area contributed by atoms with Gasteiger partial charge in [-0.05, 0) is 50.8 Å². The molecule has 1 aliphatic carbocycles. The molecule has 3 rings (SSSR count). The summed E-state index contributed by atoms with van der Waals surface area (Å²) in [6.07, 6.45) is -0.154. The number of hydrogen-bond donors (Lipinski definition) is 3. The summed E-state index contributed by atoms with van der Waals surface area (Å²) in [6, 6.07) is 3.36. The molecule has 0 spiro atoms. The normalized spacial score (nSPS) is 17.7. The Hall–Kier alpha value is -3.51. The molecule has 186 valence electrons. The Labute approximate surface area is 191 Å². The molecule has 0 unspecified atom stereocenters. The van der Waals surface area contributed by atoms with Crippen molar-refractivity contribution >= 4 is 17.8 Å². The highest BCUT2D eigenvalue weighted by molar-refractivity contribution is 5.94. The van der Waals surface area contributed by atoms with Crippen LogP contribution >= 0.6 is 0 Å². The first-order valence-corrected chi connectivity index (χ1v) is 10.1. The largest absolute Gasteiger partial charge is 0.490 e. The third-order valence-electron chi connectivity index (χ3n) is 4.94. The molecule has 2 aromatic rings. The quantitative estimate of drug-likeness (QED) is 0.546. The maximum Gasteiger partial charge on any atom is 0.490 e. The number of aliphatic carboxylic acids is 1. The van der Waals surface area contributed by atoms with Crippen LogP contribution in [0.15, 0.2) is 24.4 Å². The van der Waals surface area contributed by atoms with E-state index in [1.54, 1.807) is 13.3 Å². The highest BCUT2D eigenvalue weighted by Crippen LogP contribution is 2.23. The van der Waals surface area contributed by atoms with E-state index in [0.717, 1.165) is 43.4 Å². The molecule has 1 aliphatic rings. The second-order valence-electron chi connectivity index (χ2n) is 7.48. The summed E-state index contributed by atoms with van der Waals surface area (Å²) in [4.78, 5) is 29.7. The second-order valence-corrected chi connectivity index (χ2v) is 7.48. The van der Waals surface area contributed by atoms with Crippen molar-refractivity contribution in [1.29, 1.82) is 0 Å². The molecule has 1 heterocycles. The summed E-state index contributed by atoms with van der Waals surface area (Å²) in [5, 5.41) is 13.3. The number of aryl methyl sites for hydroxylation is 1. The lowest BCUT2D eigenvalue weighted by Crippen LogP contribution is -2.40. The van der Waals surface area contributed by atoms with Gasteiger partial charge in [0.15, 0.2) is 11.6 Å². The summed E-state index contributed by atoms with van der Waals surface area (Å²) < 4.78 is 63.2. The van der Waals surface area contributed by atoms with E-state index in [1.807, 2.05) is 6.92 Å². The first kappa shape index (κ1) is 26.7. The number of carboxylic acid groups (broad SMARTS) is 1. The van der Waals surface area contributed by atoms with Crippen molar-refractivity contribution < 1.29 is 41.4 Å². The number of halogens is 5. The minimum atomic E-state index is -5.08. The van der Waals surface area contributed by atoms with E-state index >= 15 is 0 Å². The minimum Gasteiger partial charge on any atom is -0.481 e. The molecular formula is C21H23F5N4O4. The van der Waals surface area contributed by atoms with Crippen molar-refractivity contribution in [1.82, 2.24) is 15.3 Å². The van der Waals surface area contributed by atoms with E-state index in [2.05, 4.69) is 20.6 Å². The molecule has 1 saturated carbocycles. The number of anilines is 1. The molecule has 0 bridgehead atoms. The summed E-state index contributed by atoms with van der Waals surface area (Å²) in [5.74, 6) is -4.08. The van der Waals surface area contributed by atoms with Crippen LogP contribution in [0.4, 0.5) is 27.9 Å². The van der Waals surface area contributed by atoms with Gasteiger partial charge in [-0.3, -0.25) is 4.79 Å². The van der Waals surface area contributed by atoms with Gasteiger partial charge < -0.3 is 20.5 Å². The lowest BCUT2D eigenvalue weighted by Gasteiger charge is -2.29. The first-order chi connectivity index (χ1) is 15.9. The molecule has 1 aromatic heterocycles. The third-order valence-corrected chi connectivity index (χ3v) is 4.94. The van der Waals surface area contributed by atoms with Gasteiger partial charge in [0, 0.05) is 29.4 Å². The predicted octanol–water partition coefficient (Wildman–Crippen LogP) is 3.86. The molecule has 0 aliphatic heterocycles. The van der Waals surface area contributed by atoms with Gasteiger partial charge in [-0.25, -0.2) is 18.6 Å². The number of benzene rings is 1. The van der Waals surface area contributed by atoms with Crippen molar-refractivity contribution in [3.63, 3.8) is 0 Å². The van der Waals surface area contributed by atoms with E-state index in [9.17, 15) is 26.7 Å². The number of nitrogens with one attached hydrogen (secondary N) is 2. The number of ether oxygens (including phenoxy) is 1. The fourth-order valence-electron chi connectivity index (χ4n) is 3.17. The predicted molar refractivity (Wildman–Crippen MR) is 111 cm³/mol. The van der Waals surface area contributed by atoms with Gasteiger partial charge >= 0.3 is 12.1 Å². The lowest BCUT2D eigenvalue weighted by atomic mass is 9.91. The van der Waals surface area contributed by atoms with Crippen molar-refractivity contribution in [3.05, 3.63) is 47.2 Å². The van der Waals surface area contributed by atoms with E-state index in [1.165, 1.54) is 6.07 Å². The Balaban J connectivity index is 0.000000509. The molecule has 1 amide bonds. The number of carboxylic acids is 1. The van der Waals surface area contributed by atoms with E-state index in [4.69, 9.17) is 14.6 Å². The number of nitrogens with zero attached hydrogens (tertiary/aromatic N) is 2. The van der Waals surface area contributed by atoms with Crippen LogP contribution in [0.25, 0.3) is 0 Å². The molecule has 1 aromatic carbocycles. The molecule has 0 atom stereocenters. The summed E-state index contributed by atoms with van der Waals surface area (Å²) in [5.41, 5.74) is 0.987. The van der Waals surface area contributed by atoms with Crippen LogP contribution in [0.1, 0.15) is 41.6 Å². The van der Waals surface area contributed by atoms with Gasteiger partial charge in [0.05, 0.1) is 7.11 Å². The Morgan fingerprint density at radius 1 is 1.09 bits per heavy atom. The van der Waals surface area contributed by atoms with E-state index < -0.39 is 29.7 Å². The highest BCUT2D eigenvalue weighted by atomic mass is 19.4. The average Bonchev–Trinajstić information content (AvgIpc) is 2.78. The van der Waals surface area contributed by atoms with Crippen molar-refractivity contribution in [2.45, 2.75) is 50.9 Å². The number of alkyl halides is 3. The van der Waals surface area contributed by atoms with Gasteiger partial charge in [0.2, 0.25) is 11.8 Å². The van der Waals surface area contributed by atoms with Gasteiger partial charge in [0.25, 0.3) is 5.91 Å². The zero-order valence-electron chi connectivity index (χ0n) is 18.2. The molecule has 34 heavy (non-hydrogen) atoms. The van der Waals surface area contributed by atoms with Crippen LogP contribution < -0.4 is 15.4 Å². The van der Waals surface area contributed by atoms with Gasteiger partial charge in [0.1, 0.15) is 0 Å². The van der Waals surface area contributed by atoms with Crippen LogP contribution in [0.2, 0.25) is 0 Å². The Morgan fingerprint density at radius 2 is 1.68 bits per heavy atom. The van der Waals surface area contributed by atoms with Crippen LogP contribution in [-0.4, -0.2) is 52.3 Å². The molecule has 0 radical (unpaired) electrons. The average molecular weight is 490 g/mol. The number of amides is 1. The van der Waals surface area contributed by atoms with Crippen molar-refractivity contribution in [2.24, 2.45) is 0 Å². The zero-order chi connectivity index (χ0) is 25.5. The number of carbonyl (C=O) groups excluding carboxylic acids is 1. The standard InChI is InChI=1S/C19H22F2N4O2.C2HF3O2/c1-11-10-22-19(25-18(11)27-2)24-14-6-4-13(5-7-14)23-17(26)12-3-8-15(20)16(21)9-12;3-2(4,5)1(6)7/h3,8-10,13-14H,4-7H2,1-2H3,(H,23,26)(H,22,24,25);(H,6,7). The number of aromatic nitrogens is 2. The lowest BCUT2D eigenvalue weighted by molar-refractivity contribution is -0.192. The minimum absolute atomic E-state index is 0.00265. The fourth-order valence-corrected chi connectivity index (χ4v) is 3.17. The Kier molecular flexibility index (Phi) is 9.10.